The summed E-state index contributed by atoms with van der Waals surface area (Å²) in [7, 11) is 0. The van der Waals surface area contributed by atoms with E-state index in [4.69, 9.17) is 0 Å². The van der Waals surface area contributed by atoms with Crippen molar-refractivity contribution in [3.8, 4) is 0 Å². The van der Waals surface area contributed by atoms with E-state index in [0.717, 1.165) is 15.9 Å². The van der Waals surface area contributed by atoms with Crippen LogP contribution in [0.3, 0.4) is 0 Å². The Morgan fingerprint density at radius 3 is 2.94 bits per heavy atom. The molecule has 2 unspecified atom stereocenters. The van der Waals surface area contributed by atoms with Gasteiger partial charge in [-0.2, -0.15) is 0 Å². The summed E-state index contributed by atoms with van der Waals surface area (Å²) in [6.45, 7) is 3.44. The van der Waals surface area contributed by atoms with Gasteiger partial charge in [0, 0.05) is 22.8 Å². The van der Waals surface area contributed by atoms with E-state index < -0.39 is 0 Å². The van der Waals surface area contributed by atoms with E-state index in [9.17, 15) is 9.59 Å². The fourth-order valence-electron chi connectivity index (χ4n) is 1.94. The van der Waals surface area contributed by atoms with Gasteiger partial charge in [0.05, 0.1) is 0 Å². The molecule has 0 radical (unpaired) electrons. The standard InChI is InChI=1S/C10H13IN2O2S/c1-5-7(3-11)4-16-10-8(12-6(2)14)9(15)13(5)10/h8,10H,3-4H2,1-2H3,(H,12,14). The summed E-state index contributed by atoms with van der Waals surface area (Å²) in [5.74, 6) is 0.839. The third-order valence-electron chi connectivity index (χ3n) is 2.86. The molecule has 2 atom stereocenters. The first-order chi connectivity index (χ1) is 7.56. The topological polar surface area (TPSA) is 49.4 Å². The van der Waals surface area contributed by atoms with Gasteiger partial charge in [-0.1, -0.05) is 22.6 Å². The summed E-state index contributed by atoms with van der Waals surface area (Å²) >= 11 is 4.05. The van der Waals surface area contributed by atoms with Gasteiger partial charge in [0.25, 0.3) is 5.91 Å². The number of amides is 2. The molecule has 0 aliphatic carbocycles. The maximum absolute atomic E-state index is 11.9. The highest BCUT2D eigenvalue weighted by molar-refractivity contribution is 14.1. The second kappa shape index (κ2) is 4.56. The van der Waals surface area contributed by atoms with Crippen molar-refractivity contribution in [3.05, 3.63) is 11.3 Å². The molecule has 2 amide bonds. The number of rotatable bonds is 2. The second-order valence-electron chi connectivity index (χ2n) is 3.91. The molecule has 88 valence electrons. The predicted molar refractivity (Wildman–Crippen MR) is 72.3 cm³/mol. The minimum atomic E-state index is -0.326. The lowest BCUT2D eigenvalue weighted by molar-refractivity contribution is -0.145. The van der Waals surface area contributed by atoms with E-state index in [1.54, 1.807) is 11.8 Å². The van der Waals surface area contributed by atoms with E-state index >= 15 is 0 Å². The lowest BCUT2D eigenvalue weighted by atomic mass is 10.0. The Hall–Kier alpha value is -0.240. The molecule has 2 aliphatic heterocycles. The normalized spacial score (nSPS) is 28.7. The molecule has 2 aliphatic rings. The number of halogens is 1. The van der Waals surface area contributed by atoms with Crippen LogP contribution in [0, 0.1) is 0 Å². The van der Waals surface area contributed by atoms with Crippen molar-refractivity contribution in [1.82, 2.24) is 10.2 Å². The number of hydrogen-bond donors (Lipinski definition) is 1. The van der Waals surface area contributed by atoms with Crippen LogP contribution in [0.2, 0.25) is 0 Å². The zero-order valence-corrected chi connectivity index (χ0v) is 12.1. The Morgan fingerprint density at radius 2 is 2.38 bits per heavy atom. The summed E-state index contributed by atoms with van der Waals surface area (Å²) < 4.78 is 0.956. The van der Waals surface area contributed by atoms with Crippen molar-refractivity contribution < 1.29 is 9.59 Å². The van der Waals surface area contributed by atoms with Crippen molar-refractivity contribution in [2.24, 2.45) is 0 Å². The zero-order chi connectivity index (χ0) is 11.9. The van der Waals surface area contributed by atoms with Gasteiger partial charge in [-0.15, -0.1) is 11.8 Å². The van der Waals surface area contributed by atoms with Crippen LogP contribution in [0.25, 0.3) is 0 Å². The second-order valence-corrected chi connectivity index (χ2v) is 5.78. The highest BCUT2D eigenvalue weighted by Gasteiger charge is 2.50. The van der Waals surface area contributed by atoms with Crippen LogP contribution in [-0.2, 0) is 9.59 Å². The van der Waals surface area contributed by atoms with Gasteiger partial charge in [-0.05, 0) is 12.5 Å². The molecule has 1 saturated heterocycles. The minimum absolute atomic E-state index is 0.0206. The Morgan fingerprint density at radius 1 is 1.69 bits per heavy atom. The lowest BCUT2D eigenvalue weighted by Gasteiger charge is -2.50. The number of carbonyl (C=O) groups is 2. The average Bonchev–Trinajstić information content (AvgIpc) is 2.25. The maximum Gasteiger partial charge on any atom is 0.253 e. The summed E-state index contributed by atoms with van der Waals surface area (Å²) in [4.78, 5) is 24.6. The van der Waals surface area contributed by atoms with E-state index in [-0.39, 0.29) is 23.2 Å². The molecule has 0 aromatic carbocycles. The zero-order valence-electron chi connectivity index (χ0n) is 9.12. The molecular weight excluding hydrogens is 339 g/mol. The number of β-lactam (4-membered cyclic amide) rings is 1. The molecule has 2 rings (SSSR count). The SMILES string of the molecule is CC(=O)NC1C(=O)N2C(C)=C(CI)CSC12. The van der Waals surface area contributed by atoms with Crippen molar-refractivity contribution in [3.63, 3.8) is 0 Å². The van der Waals surface area contributed by atoms with Crippen LogP contribution in [-0.4, -0.2) is 38.3 Å². The molecule has 4 nitrogen and oxygen atoms in total. The quantitative estimate of drug-likeness (QED) is 0.460. The summed E-state index contributed by atoms with van der Waals surface area (Å²) in [5, 5.41) is 2.81. The lowest BCUT2D eigenvalue weighted by Crippen LogP contribution is -2.69. The Kier molecular flexibility index (Phi) is 3.48. The number of alkyl halides is 1. The number of thioether (sulfide) groups is 1. The number of nitrogens with one attached hydrogen (secondary N) is 1. The molecule has 2 heterocycles. The van der Waals surface area contributed by atoms with Crippen LogP contribution < -0.4 is 5.32 Å². The molecule has 0 spiro atoms. The van der Waals surface area contributed by atoms with E-state index in [2.05, 4.69) is 27.9 Å². The first kappa shape index (κ1) is 12.2. The Balaban J connectivity index is 2.15. The monoisotopic (exact) mass is 352 g/mol. The van der Waals surface area contributed by atoms with Gasteiger partial charge in [-0.3, -0.25) is 14.5 Å². The smallest absolute Gasteiger partial charge is 0.253 e. The van der Waals surface area contributed by atoms with Gasteiger partial charge < -0.3 is 5.32 Å². The predicted octanol–water partition coefficient (Wildman–Crippen LogP) is 1.12. The van der Waals surface area contributed by atoms with Gasteiger partial charge in [0.1, 0.15) is 11.4 Å². The van der Waals surface area contributed by atoms with Gasteiger partial charge in [0.2, 0.25) is 5.91 Å². The van der Waals surface area contributed by atoms with Crippen molar-refractivity contribution in [2.45, 2.75) is 25.3 Å². The molecular formula is C10H13IN2O2S. The first-order valence-electron chi connectivity index (χ1n) is 5.02. The van der Waals surface area contributed by atoms with Crippen molar-refractivity contribution in [1.29, 1.82) is 0 Å². The number of carbonyl (C=O) groups excluding carboxylic acids is 2. The number of allylic oxidation sites excluding steroid dienone is 1. The molecule has 0 aromatic heterocycles. The molecule has 6 heteroatoms. The van der Waals surface area contributed by atoms with E-state index in [1.807, 2.05) is 11.8 Å². The number of hydrogen-bond acceptors (Lipinski definition) is 3. The average molecular weight is 352 g/mol. The maximum atomic E-state index is 11.9. The van der Waals surface area contributed by atoms with Crippen LogP contribution in [0.4, 0.5) is 0 Å². The highest BCUT2D eigenvalue weighted by atomic mass is 127. The Bertz CT molecular complexity index is 383. The minimum Gasteiger partial charge on any atom is -0.342 e. The van der Waals surface area contributed by atoms with Crippen LogP contribution >= 0.6 is 34.4 Å². The third kappa shape index (κ3) is 1.85. The van der Waals surface area contributed by atoms with Crippen LogP contribution in [0.1, 0.15) is 13.8 Å². The van der Waals surface area contributed by atoms with E-state index in [1.165, 1.54) is 12.5 Å². The van der Waals surface area contributed by atoms with Gasteiger partial charge in [-0.25, -0.2) is 0 Å². The molecule has 1 fully saturated rings. The first-order valence-corrected chi connectivity index (χ1v) is 7.60. The van der Waals surface area contributed by atoms with Crippen LogP contribution in [0.5, 0.6) is 0 Å². The van der Waals surface area contributed by atoms with E-state index in [0.29, 0.717) is 0 Å². The number of fused-ring (bicyclic) bond motifs is 1. The fraction of sp³-hybridized carbons (Fsp3) is 0.600. The highest BCUT2D eigenvalue weighted by Crippen LogP contribution is 2.40. The summed E-state index contributed by atoms with van der Waals surface area (Å²) in [6.07, 6.45) is 0. The Labute approximate surface area is 112 Å². The number of nitrogens with zero attached hydrogens (tertiary/aromatic N) is 1. The molecule has 1 N–H and O–H groups in total. The molecule has 0 saturated carbocycles. The molecule has 0 bridgehead atoms. The summed E-state index contributed by atoms with van der Waals surface area (Å²) in [5.41, 5.74) is 2.39. The largest absolute Gasteiger partial charge is 0.342 e. The van der Waals surface area contributed by atoms with Gasteiger partial charge in [0.15, 0.2) is 0 Å². The third-order valence-corrected chi connectivity index (χ3v) is 5.12. The molecule has 16 heavy (non-hydrogen) atoms. The van der Waals surface area contributed by atoms with Crippen LogP contribution in [0.15, 0.2) is 11.3 Å². The van der Waals surface area contributed by atoms with Crippen molar-refractivity contribution >= 4 is 46.2 Å². The van der Waals surface area contributed by atoms with Gasteiger partial charge >= 0.3 is 0 Å². The summed E-state index contributed by atoms with van der Waals surface area (Å²) in [6, 6.07) is -0.326. The fourth-order valence-corrected chi connectivity index (χ4v) is 4.60. The molecule has 0 aromatic rings. The van der Waals surface area contributed by atoms with Crippen molar-refractivity contribution in [2.75, 3.05) is 10.2 Å².